The molecule has 212 valence electrons. The molecule has 0 aliphatic carbocycles. The van der Waals surface area contributed by atoms with E-state index in [-0.39, 0.29) is 72.0 Å². The van der Waals surface area contributed by atoms with Crippen molar-refractivity contribution in [3.63, 3.8) is 0 Å². The van der Waals surface area contributed by atoms with Crippen LogP contribution < -0.4 is 0 Å². The van der Waals surface area contributed by atoms with Crippen molar-refractivity contribution in [1.82, 2.24) is 35.0 Å². The number of hydrogen-bond donors (Lipinski definition) is 5. The molecular formula is C24H33N7O8. The summed E-state index contributed by atoms with van der Waals surface area (Å²) in [5, 5.41) is 48.6. The van der Waals surface area contributed by atoms with Crippen molar-refractivity contribution in [2.24, 2.45) is 0 Å². The van der Waals surface area contributed by atoms with E-state index >= 15 is 0 Å². The first kappa shape index (κ1) is 29.6. The maximum absolute atomic E-state index is 12.5. The third-order valence-corrected chi connectivity index (χ3v) is 6.48. The summed E-state index contributed by atoms with van der Waals surface area (Å²) in [5.41, 5.74) is 1.85. The summed E-state index contributed by atoms with van der Waals surface area (Å²) < 4.78 is 0. The first-order valence-corrected chi connectivity index (χ1v) is 12.4. The maximum Gasteiger partial charge on any atom is 0.325 e. The van der Waals surface area contributed by atoms with Crippen LogP contribution in [0.1, 0.15) is 11.6 Å². The number of H-pyrrole nitrogens is 1. The Morgan fingerprint density at radius 3 is 1.51 bits per heavy atom. The van der Waals surface area contributed by atoms with Crippen LogP contribution in [0.15, 0.2) is 30.5 Å². The molecule has 0 bridgehead atoms. The summed E-state index contributed by atoms with van der Waals surface area (Å²) in [5.74, 6) is -4.24. The summed E-state index contributed by atoms with van der Waals surface area (Å²) in [6.07, 6.45) is 1.55. The van der Waals surface area contributed by atoms with E-state index in [1.165, 1.54) is 0 Å². The molecule has 15 heteroatoms. The molecule has 0 amide bonds. The van der Waals surface area contributed by atoms with E-state index in [9.17, 15) is 39.6 Å². The van der Waals surface area contributed by atoms with Gasteiger partial charge in [0.25, 0.3) is 0 Å². The van der Waals surface area contributed by atoms with Crippen molar-refractivity contribution < 1.29 is 39.6 Å². The highest BCUT2D eigenvalue weighted by molar-refractivity contribution is 5.76. The lowest BCUT2D eigenvalue weighted by atomic mass is 10.0. The van der Waals surface area contributed by atoms with Gasteiger partial charge in [-0.3, -0.25) is 38.8 Å². The Balaban J connectivity index is 1.87. The third kappa shape index (κ3) is 9.40. The molecule has 0 saturated carbocycles. The molecule has 15 nitrogen and oxygen atoms in total. The minimum atomic E-state index is -1.10. The zero-order chi connectivity index (χ0) is 28.4. The Kier molecular flexibility index (Phi) is 10.9. The van der Waals surface area contributed by atoms with Crippen LogP contribution in [0.25, 0.3) is 11.3 Å². The second-order valence-corrected chi connectivity index (χ2v) is 9.26. The molecule has 2 aromatic rings. The van der Waals surface area contributed by atoms with Crippen LogP contribution in [0.5, 0.6) is 0 Å². The Labute approximate surface area is 224 Å². The SMILES string of the molecule is O=C(O)CN1CCN(CC(=O)O)CCN(C(C(=O)O)c2ccc(-c3cn[nH]n3)cc2)CCN(CC(=O)O)CC1. The summed E-state index contributed by atoms with van der Waals surface area (Å²) >= 11 is 0. The van der Waals surface area contributed by atoms with E-state index in [0.29, 0.717) is 11.3 Å². The van der Waals surface area contributed by atoms with Crippen molar-refractivity contribution in [3.05, 3.63) is 36.0 Å². The van der Waals surface area contributed by atoms with E-state index < -0.39 is 29.9 Å². The minimum Gasteiger partial charge on any atom is -0.480 e. The van der Waals surface area contributed by atoms with E-state index in [2.05, 4.69) is 15.4 Å². The Bertz CT molecular complexity index is 1080. The first-order chi connectivity index (χ1) is 18.6. The Morgan fingerprint density at radius 1 is 0.718 bits per heavy atom. The Morgan fingerprint density at radius 2 is 1.15 bits per heavy atom. The lowest BCUT2D eigenvalue weighted by molar-refractivity contribution is -0.145. The molecule has 1 aliphatic heterocycles. The zero-order valence-electron chi connectivity index (χ0n) is 21.3. The molecule has 0 spiro atoms. The molecule has 2 heterocycles. The lowest BCUT2D eigenvalue weighted by Crippen LogP contribution is -2.49. The first-order valence-electron chi connectivity index (χ1n) is 12.4. The number of rotatable bonds is 10. The lowest BCUT2D eigenvalue weighted by Gasteiger charge is -2.35. The van der Waals surface area contributed by atoms with Crippen molar-refractivity contribution in [2.45, 2.75) is 6.04 Å². The number of aromatic nitrogens is 3. The number of nitrogens with one attached hydrogen (secondary N) is 1. The molecule has 5 N–H and O–H groups in total. The van der Waals surface area contributed by atoms with Gasteiger partial charge in [0.05, 0.1) is 25.8 Å². The number of aliphatic carboxylic acids is 4. The van der Waals surface area contributed by atoms with Gasteiger partial charge in [0.2, 0.25) is 0 Å². The number of benzene rings is 1. The molecule has 1 aliphatic rings. The standard InChI is InChI=1S/C24H33N7O8/c32-20(33)14-28-5-7-29(15-21(34)35)9-11-31(12-10-30(8-6-28)16-22(36)37)23(24(38)39)18-3-1-17(2-4-18)19-13-25-27-26-19/h1-4,13,23H,5-12,14-16H2,(H,32,33)(H,34,35)(H,36,37)(H,38,39)(H,25,26,27). The van der Waals surface area contributed by atoms with Gasteiger partial charge in [-0.15, -0.1) is 0 Å². The van der Waals surface area contributed by atoms with Gasteiger partial charge in [-0.25, -0.2) is 0 Å². The van der Waals surface area contributed by atoms with E-state index in [1.807, 2.05) is 0 Å². The predicted octanol–water partition coefficient (Wildman–Crippen LogP) is -0.927. The van der Waals surface area contributed by atoms with Crippen LogP contribution in [0.2, 0.25) is 0 Å². The molecule has 1 fully saturated rings. The largest absolute Gasteiger partial charge is 0.480 e. The third-order valence-electron chi connectivity index (χ3n) is 6.48. The fraction of sp³-hybridized carbons (Fsp3) is 0.500. The number of carboxylic acid groups (broad SMARTS) is 4. The second-order valence-electron chi connectivity index (χ2n) is 9.26. The van der Waals surface area contributed by atoms with Gasteiger partial charge in [0, 0.05) is 57.9 Å². The smallest absolute Gasteiger partial charge is 0.325 e. The van der Waals surface area contributed by atoms with Crippen molar-refractivity contribution in [3.8, 4) is 11.3 Å². The van der Waals surface area contributed by atoms with Crippen LogP contribution in [-0.4, -0.2) is 151 Å². The van der Waals surface area contributed by atoms with Gasteiger partial charge in [-0.1, -0.05) is 24.3 Å². The van der Waals surface area contributed by atoms with Gasteiger partial charge >= 0.3 is 23.9 Å². The van der Waals surface area contributed by atoms with Crippen molar-refractivity contribution in [2.75, 3.05) is 72.0 Å². The zero-order valence-corrected chi connectivity index (χ0v) is 21.3. The van der Waals surface area contributed by atoms with Crippen molar-refractivity contribution >= 4 is 23.9 Å². The van der Waals surface area contributed by atoms with E-state index in [1.54, 1.807) is 50.1 Å². The predicted molar refractivity (Wildman–Crippen MR) is 136 cm³/mol. The molecule has 1 atom stereocenters. The Hall–Kier alpha value is -3.92. The summed E-state index contributed by atoms with van der Waals surface area (Å²) in [4.78, 5) is 53.5. The quantitative estimate of drug-likeness (QED) is 0.244. The minimum absolute atomic E-state index is 0.190. The number of aromatic amines is 1. The summed E-state index contributed by atoms with van der Waals surface area (Å²) in [7, 11) is 0. The molecule has 3 rings (SSSR count). The fourth-order valence-electron chi connectivity index (χ4n) is 4.55. The highest BCUT2D eigenvalue weighted by atomic mass is 16.4. The summed E-state index contributed by atoms with van der Waals surface area (Å²) in [6.45, 7) is 0.975. The maximum atomic E-state index is 12.5. The molecular weight excluding hydrogens is 514 g/mol. The topological polar surface area (TPSA) is 204 Å². The van der Waals surface area contributed by atoms with Gasteiger partial charge < -0.3 is 20.4 Å². The second kappa shape index (κ2) is 14.3. The van der Waals surface area contributed by atoms with Gasteiger partial charge in [0.15, 0.2) is 0 Å². The molecule has 0 radical (unpaired) electrons. The van der Waals surface area contributed by atoms with E-state index in [0.717, 1.165) is 5.56 Å². The number of carbonyl (C=O) groups is 4. The monoisotopic (exact) mass is 547 g/mol. The van der Waals surface area contributed by atoms with Crippen LogP contribution in [-0.2, 0) is 19.2 Å². The van der Waals surface area contributed by atoms with Crippen LogP contribution in [0.3, 0.4) is 0 Å². The fourth-order valence-corrected chi connectivity index (χ4v) is 4.55. The molecule has 1 unspecified atom stereocenters. The van der Waals surface area contributed by atoms with Crippen LogP contribution in [0, 0.1) is 0 Å². The molecule has 39 heavy (non-hydrogen) atoms. The highest BCUT2D eigenvalue weighted by Crippen LogP contribution is 2.25. The average molecular weight is 548 g/mol. The van der Waals surface area contributed by atoms with Crippen LogP contribution in [0.4, 0.5) is 0 Å². The van der Waals surface area contributed by atoms with E-state index in [4.69, 9.17) is 0 Å². The number of nitrogens with zero attached hydrogens (tertiary/aromatic N) is 6. The molecule has 1 saturated heterocycles. The normalized spacial score (nSPS) is 18.1. The average Bonchev–Trinajstić information content (AvgIpc) is 3.40. The van der Waals surface area contributed by atoms with Crippen molar-refractivity contribution in [1.29, 1.82) is 0 Å². The summed E-state index contributed by atoms with van der Waals surface area (Å²) in [6, 6.07) is 5.79. The highest BCUT2D eigenvalue weighted by Gasteiger charge is 2.29. The van der Waals surface area contributed by atoms with Gasteiger partial charge in [0.1, 0.15) is 11.7 Å². The van der Waals surface area contributed by atoms with Gasteiger partial charge in [-0.2, -0.15) is 15.4 Å². The molecule has 1 aromatic carbocycles. The number of hydrogen-bond acceptors (Lipinski definition) is 10. The molecule has 1 aromatic heterocycles. The number of carboxylic acids is 4. The van der Waals surface area contributed by atoms with Crippen LogP contribution >= 0.6 is 0 Å². The van der Waals surface area contributed by atoms with Gasteiger partial charge in [-0.05, 0) is 5.56 Å².